The number of hydrogen-bond donors (Lipinski definition) is 1. The topological polar surface area (TPSA) is 20.2 Å². The van der Waals surface area contributed by atoms with Gasteiger partial charge in [-0.05, 0) is 55.7 Å². The van der Waals surface area contributed by atoms with E-state index >= 15 is 0 Å². The molecular formula is C15H24O. The molecule has 1 heteroatoms. The standard InChI is InChI=1S/C15H24O/c1-11(2)8-9-14(16)10-15-12(3)6-5-7-13(15)4/h5-7,11,14,16H,8-10H2,1-4H3. The van der Waals surface area contributed by atoms with E-state index in [9.17, 15) is 5.11 Å². The monoisotopic (exact) mass is 220 g/mol. The molecule has 1 rings (SSSR count). The van der Waals surface area contributed by atoms with Crippen LogP contribution in [0, 0.1) is 19.8 Å². The zero-order valence-corrected chi connectivity index (χ0v) is 11.0. The summed E-state index contributed by atoms with van der Waals surface area (Å²) in [5, 5.41) is 10.0. The first kappa shape index (κ1) is 13.2. The quantitative estimate of drug-likeness (QED) is 0.803. The van der Waals surface area contributed by atoms with E-state index in [1.54, 1.807) is 0 Å². The summed E-state index contributed by atoms with van der Waals surface area (Å²) in [4.78, 5) is 0. The molecule has 0 aromatic heterocycles. The minimum absolute atomic E-state index is 0.192. The molecule has 0 radical (unpaired) electrons. The summed E-state index contributed by atoms with van der Waals surface area (Å²) < 4.78 is 0. The molecule has 0 heterocycles. The normalized spacial score (nSPS) is 13.1. The zero-order chi connectivity index (χ0) is 12.1. The van der Waals surface area contributed by atoms with Crippen molar-refractivity contribution >= 4 is 0 Å². The van der Waals surface area contributed by atoms with Crippen molar-refractivity contribution in [1.82, 2.24) is 0 Å². The Hall–Kier alpha value is -0.820. The molecule has 1 atom stereocenters. The highest BCUT2D eigenvalue weighted by atomic mass is 16.3. The molecule has 1 aromatic rings. The third kappa shape index (κ3) is 3.97. The fourth-order valence-corrected chi connectivity index (χ4v) is 2.03. The Morgan fingerprint density at radius 1 is 1.06 bits per heavy atom. The van der Waals surface area contributed by atoms with Crippen LogP contribution in [0.25, 0.3) is 0 Å². The lowest BCUT2D eigenvalue weighted by Crippen LogP contribution is -2.13. The summed E-state index contributed by atoms with van der Waals surface area (Å²) in [5.41, 5.74) is 3.91. The van der Waals surface area contributed by atoms with Crippen LogP contribution in [0.15, 0.2) is 18.2 Å². The van der Waals surface area contributed by atoms with E-state index in [1.807, 2.05) is 0 Å². The fourth-order valence-electron chi connectivity index (χ4n) is 2.03. The Balaban J connectivity index is 2.59. The Kier molecular flexibility index (Phi) is 5.01. The van der Waals surface area contributed by atoms with Crippen LogP contribution >= 0.6 is 0 Å². The van der Waals surface area contributed by atoms with Crippen molar-refractivity contribution in [3.8, 4) is 0 Å². The number of rotatable bonds is 5. The average molecular weight is 220 g/mol. The second kappa shape index (κ2) is 6.05. The maximum Gasteiger partial charge on any atom is 0.0580 e. The van der Waals surface area contributed by atoms with Crippen molar-refractivity contribution < 1.29 is 5.11 Å². The van der Waals surface area contributed by atoms with Crippen LogP contribution in [0.3, 0.4) is 0 Å². The lowest BCUT2D eigenvalue weighted by Gasteiger charge is -2.15. The van der Waals surface area contributed by atoms with Crippen LogP contribution in [0.5, 0.6) is 0 Å². The molecule has 1 N–H and O–H groups in total. The van der Waals surface area contributed by atoms with Gasteiger partial charge in [0.15, 0.2) is 0 Å². The molecule has 0 fully saturated rings. The van der Waals surface area contributed by atoms with Crippen molar-refractivity contribution in [1.29, 1.82) is 0 Å². The van der Waals surface area contributed by atoms with Crippen LogP contribution in [-0.2, 0) is 6.42 Å². The number of benzene rings is 1. The van der Waals surface area contributed by atoms with Crippen LogP contribution < -0.4 is 0 Å². The van der Waals surface area contributed by atoms with Gasteiger partial charge < -0.3 is 5.11 Å². The molecule has 1 aromatic carbocycles. The molecule has 0 aliphatic rings. The summed E-state index contributed by atoms with van der Waals surface area (Å²) in [6, 6.07) is 6.32. The van der Waals surface area contributed by atoms with Crippen LogP contribution in [-0.4, -0.2) is 11.2 Å². The van der Waals surface area contributed by atoms with E-state index in [1.165, 1.54) is 16.7 Å². The highest BCUT2D eigenvalue weighted by Crippen LogP contribution is 2.18. The van der Waals surface area contributed by atoms with Gasteiger partial charge in [-0.1, -0.05) is 32.0 Å². The fraction of sp³-hybridized carbons (Fsp3) is 0.600. The minimum Gasteiger partial charge on any atom is -0.393 e. The molecular weight excluding hydrogens is 196 g/mol. The van der Waals surface area contributed by atoms with E-state index < -0.39 is 0 Å². The van der Waals surface area contributed by atoms with Crippen molar-refractivity contribution in [3.63, 3.8) is 0 Å². The molecule has 0 bridgehead atoms. The zero-order valence-electron chi connectivity index (χ0n) is 11.0. The van der Waals surface area contributed by atoms with Gasteiger partial charge in [0.1, 0.15) is 0 Å². The first-order chi connectivity index (χ1) is 7.50. The van der Waals surface area contributed by atoms with E-state index in [0.717, 1.165) is 19.3 Å². The van der Waals surface area contributed by atoms with Gasteiger partial charge in [0, 0.05) is 0 Å². The van der Waals surface area contributed by atoms with Crippen LogP contribution in [0.1, 0.15) is 43.4 Å². The lowest BCUT2D eigenvalue weighted by molar-refractivity contribution is 0.156. The van der Waals surface area contributed by atoms with Gasteiger partial charge in [-0.25, -0.2) is 0 Å². The summed E-state index contributed by atoms with van der Waals surface area (Å²) in [6.07, 6.45) is 2.62. The predicted octanol–water partition coefficient (Wildman–Crippen LogP) is 3.64. The first-order valence-electron chi connectivity index (χ1n) is 6.24. The Morgan fingerprint density at radius 3 is 2.12 bits per heavy atom. The molecule has 1 nitrogen and oxygen atoms in total. The number of hydrogen-bond acceptors (Lipinski definition) is 1. The average Bonchev–Trinajstić information content (AvgIpc) is 2.21. The molecule has 0 aliphatic carbocycles. The Morgan fingerprint density at radius 2 is 1.62 bits per heavy atom. The van der Waals surface area contributed by atoms with Gasteiger partial charge in [-0.15, -0.1) is 0 Å². The highest BCUT2D eigenvalue weighted by molar-refractivity contribution is 5.33. The molecule has 0 saturated carbocycles. The number of aryl methyl sites for hydroxylation is 2. The third-order valence-electron chi connectivity index (χ3n) is 3.16. The van der Waals surface area contributed by atoms with Crippen LogP contribution in [0.4, 0.5) is 0 Å². The van der Waals surface area contributed by atoms with E-state index in [-0.39, 0.29) is 6.10 Å². The van der Waals surface area contributed by atoms with E-state index in [0.29, 0.717) is 5.92 Å². The first-order valence-corrected chi connectivity index (χ1v) is 6.24. The maximum absolute atomic E-state index is 10.0. The minimum atomic E-state index is -0.192. The van der Waals surface area contributed by atoms with Gasteiger partial charge in [-0.3, -0.25) is 0 Å². The molecule has 90 valence electrons. The maximum atomic E-state index is 10.0. The van der Waals surface area contributed by atoms with Gasteiger partial charge in [0.25, 0.3) is 0 Å². The van der Waals surface area contributed by atoms with Crippen molar-refractivity contribution in [2.24, 2.45) is 5.92 Å². The summed E-state index contributed by atoms with van der Waals surface area (Å²) >= 11 is 0. The van der Waals surface area contributed by atoms with Gasteiger partial charge in [-0.2, -0.15) is 0 Å². The molecule has 0 saturated heterocycles. The SMILES string of the molecule is Cc1cccc(C)c1CC(O)CCC(C)C. The third-order valence-corrected chi connectivity index (χ3v) is 3.16. The van der Waals surface area contributed by atoms with Crippen molar-refractivity contribution in [2.75, 3.05) is 0 Å². The Labute approximate surface area is 99.5 Å². The van der Waals surface area contributed by atoms with Crippen molar-refractivity contribution in [3.05, 3.63) is 34.9 Å². The van der Waals surface area contributed by atoms with Gasteiger partial charge in [0.2, 0.25) is 0 Å². The van der Waals surface area contributed by atoms with Gasteiger partial charge in [0.05, 0.1) is 6.10 Å². The molecule has 1 unspecified atom stereocenters. The molecule has 0 amide bonds. The van der Waals surface area contributed by atoms with E-state index in [4.69, 9.17) is 0 Å². The number of aliphatic hydroxyl groups is 1. The van der Waals surface area contributed by atoms with Crippen LogP contribution in [0.2, 0.25) is 0 Å². The lowest BCUT2D eigenvalue weighted by atomic mass is 9.94. The second-order valence-corrected chi connectivity index (χ2v) is 5.20. The molecule has 0 spiro atoms. The molecule has 0 aliphatic heterocycles. The largest absolute Gasteiger partial charge is 0.393 e. The summed E-state index contributed by atoms with van der Waals surface area (Å²) in [5.74, 6) is 0.674. The number of aliphatic hydroxyl groups excluding tert-OH is 1. The molecule has 16 heavy (non-hydrogen) atoms. The summed E-state index contributed by atoms with van der Waals surface area (Å²) in [6.45, 7) is 8.65. The van der Waals surface area contributed by atoms with Crippen molar-refractivity contribution in [2.45, 2.75) is 53.1 Å². The summed E-state index contributed by atoms with van der Waals surface area (Å²) in [7, 11) is 0. The predicted molar refractivity (Wildman–Crippen MR) is 69.7 cm³/mol. The van der Waals surface area contributed by atoms with E-state index in [2.05, 4.69) is 45.9 Å². The highest BCUT2D eigenvalue weighted by Gasteiger charge is 2.10. The Bertz CT molecular complexity index is 308. The second-order valence-electron chi connectivity index (χ2n) is 5.20. The smallest absolute Gasteiger partial charge is 0.0580 e. The van der Waals surface area contributed by atoms with Gasteiger partial charge >= 0.3 is 0 Å².